The highest BCUT2D eigenvalue weighted by molar-refractivity contribution is 5.91. The number of hydrogen-bond donors (Lipinski definition) is 1. The van der Waals surface area contributed by atoms with E-state index in [4.69, 9.17) is 4.42 Å². The summed E-state index contributed by atoms with van der Waals surface area (Å²) in [6.07, 6.45) is 2.99. The summed E-state index contributed by atoms with van der Waals surface area (Å²) in [4.78, 5) is 28.4. The lowest BCUT2D eigenvalue weighted by Gasteiger charge is -2.32. The van der Waals surface area contributed by atoms with E-state index in [2.05, 4.69) is 50.4 Å². The van der Waals surface area contributed by atoms with E-state index in [0.717, 1.165) is 18.4 Å². The molecule has 2 heterocycles. The van der Waals surface area contributed by atoms with Crippen LogP contribution in [0.3, 0.4) is 0 Å². The Morgan fingerprint density at radius 1 is 1.14 bits per heavy atom. The molecule has 6 heteroatoms. The van der Waals surface area contributed by atoms with Gasteiger partial charge in [-0.2, -0.15) is 0 Å². The maximum atomic E-state index is 12.6. The minimum atomic E-state index is -0.0874. The number of likely N-dealkylation sites (tertiary alicyclic amines) is 1. The number of amides is 3. The predicted molar refractivity (Wildman–Crippen MR) is 113 cm³/mol. The van der Waals surface area contributed by atoms with Gasteiger partial charge in [0.05, 0.1) is 6.26 Å². The van der Waals surface area contributed by atoms with Gasteiger partial charge in [-0.1, -0.05) is 45.0 Å². The van der Waals surface area contributed by atoms with Gasteiger partial charge >= 0.3 is 6.03 Å². The third-order valence-electron chi connectivity index (χ3n) is 5.43. The van der Waals surface area contributed by atoms with Gasteiger partial charge in [-0.15, -0.1) is 0 Å². The third-order valence-corrected chi connectivity index (χ3v) is 5.43. The van der Waals surface area contributed by atoms with Crippen molar-refractivity contribution in [3.8, 4) is 0 Å². The van der Waals surface area contributed by atoms with Crippen molar-refractivity contribution in [3.63, 3.8) is 0 Å². The van der Waals surface area contributed by atoms with Crippen molar-refractivity contribution in [2.24, 2.45) is 0 Å². The fourth-order valence-electron chi connectivity index (χ4n) is 3.52. The lowest BCUT2D eigenvalue weighted by molar-refractivity contribution is 0.0674. The maximum Gasteiger partial charge on any atom is 0.317 e. The molecule has 6 nitrogen and oxygen atoms in total. The van der Waals surface area contributed by atoms with Crippen molar-refractivity contribution in [1.29, 1.82) is 0 Å². The lowest BCUT2D eigenvalue weighted by atomic mass is 9.87. The zero-order chi connectivity index (χ0) is 21.0. The molecule has 0 radical (unpaired) electrons. The van der Waals surface area contributed by atoms with Gasteiger partial charge in [0.25, 0.3) is 5.91 Å². The predicted octanol–water partition coefficient (Wildman–Crippen LogP) is 4.02. The number of benzene rings is 1. The minimum absolute atomic E-state index is 0.0777. The topological polar surface area (TPSA) is 65.8 Å². The second-order valence-electron chi connectivity index (χ2n) is 8.80. The summed E-state index contributed by atoms with van der Waals surface area (Å²) < 4.78 is 5.19. The molecule has 3 rings (SSSR count). The monoisotopic (exact) mass is 397 g/mol. The molecule has 0 saturated carbocycles. The molecule has 1 aliphatic rings. The fraction of sp³-hybridized carbons (Fsp3) is 0.478. The Balaban J connectivity index is 1.46. The summed E-state index contributed by atoms with van der Waals surface area (Å²) in [5.74, 6) is 0.278. The van der Waals surface area contributed by atoms with E-state index in [1.54, 1.807) is 21.9 Å². The number of carbonyl (C=O) groups excluding carboxylic acids is 2. The molecule has 0 bridgehead atoms. The van der Waals surface area contributed by atoms with Gasteiger partial charge in [-0.05, 0) is 41.5 Å². The van der Waals surface area contributed by atoms with E-state index < -0.39 is 0 Å². The van der Waals surface area contributed by atoms with Gasteiger partial charge in [0.1, 0.15) is 0 Å². The molecule has 1 N–H and O–H groups in total. The standard InChI is InChI=1S/C23H31N3O3/c1-23(2,3)18-9-7-17(8-10-18)16-25(4)22(28)24-19-11-13-26(14-12-19)21(27)20-6-5-15-29-20/h5-10,15,19H,11-14,16H2,1-4H3,(H,24,28). The van der Waals surface area contributed by atoms with Crippen LogP contribution in [0.2, 0.25) is 0 Å². The summed E-state index contributed by atoms with van der Waals surface area (Å²) >= 11 is 0. The molecule has 0 spiro atoms. The molecule has 1 fully saturated rings. The van der Waals surface area contributed by atoms with Gasteiger partial charge in [0, 0.05) is 32.7 Å². The van der Waals surface area contributed by atoms with Crippen LogP contribution in [-0.2, 0) is 12.0 Å². The second-order valence-corrected chi connectivity index (χ2v) is 8.80. The van der Waals surface area contributed by atoms with Crippen molar-refractivity contribution < 1.29 is 14.0 Å². The van der Waals surface area contributed by atoms with Crippen molar-refractivity contribution in [1.82, 2.24) is 15.1 Å². The number of hydrogen-bond acceptors (Lipinski definition) is 3. The number of nitrogens with zero attached hydrogens (tertiary/aromatic N) is 2. The normalized spacial score (nSPS) is 15.2. The van der Waals surface area contributed by atoms with Crippen LogP contribution < -0.4 is 5.32 Å². The average molecular weight is 398 g/mol. The van der Waals surface area contributed by atoms with Gasteiger partial charge in [0.15, 0.2) is 5.76 Å². The van der Waals surface area contributed by atoms with Crippen molar-refractivity contribution in [3.05, 3.63) is 59.5 Å². The molecule has 0 atom stereocenters. The first-order chi connectivity index (χ1) is 13.7. The van der Waals surface area contributed by atoms with E-state index in [1.807, 2.05) is 7.05 Å². The van der Waals surface area contributed by atoms with E-state index in [-0.39, 0.29) is 23.4 Å². The molecule has 1 aromatic heterocycles. The Morgan fingerprint density at radius 2 is 1.79 bits per heavy atom. The highest BCUT2D eigenvalue weighted by atomic mass is 16.3. The molecular formula is C23H31N3O3. The zero-order valence-electron chi connectivity index (χ0n) is 17.8. The Morgan fingerprint density at radius 3 is 2.34 bits per heavy atom. The molecular weight excluding hydrogens is 366 g/mol. The van der Waals surface area contributed by atoms with E-state index >= 15 is 0 Å². The smallest absolute Gasteiger partial charge is 0.317 e. The van der Waals surface area contributed by atoms with Crippen molar-refractivity contribution in [2.75, 3.05) is 20.1 Å². The lowest BCUT2D eigenvalue weighted by Crippen LogP contribution is -2.49. The summed E-state index contributed by atoms with van der Waals surface area (Å²) in [7, 11) is 1.81. The molecule has 1 saturated heterocycles. The highest BCUT2D eigenvalue weighted by Crippen LogP contribution is 2.22. The van der Waals surface area contributed by atoms with Crippen molar-refractivity contribution in [2.45, 2.75) is 51.6 Å². The van der Waals surface area contributed by atoms with Gasteiger partial charge in [-0.3, -0.25) is 4.79 Å². The fourth-order valence-corrected chi connectivity index (χ4v) is 3.52. The first kappa shape index (κ1) is 21.0. The molecule has 0 unspecified atom stereocenters. The molecule has 0 aliphatic carbocycles. The number of piperidine rings is 1. The molecule has 1 aliphatic heterocycles. The van der Waals surface area contributed by atoms with Crippen LogP contribution in [-0.4, -0.2) is 47.9 Å². The van der Waals surface area contributed by atoms with Crippen LogP contribution in [0, 0.1) is 0 Å². The van der Waals surface area contributed by atoms with E-state index in [9.17, 15) is 9.59 Å². The summed E-state index contributed by atoms with van der Waals surface area (Å²) in [6.45, 7) is 8.36. The number of nitrogens with one attached hydrogen (secondary N) is 1. The van der Waals surface area contributed by atoms with Crippen LogP contribution in [0.15, 0.2) is 47.1 Å². The van der Waals surface area contributed by atoms with Crippen molar-refractivity contribution >= 4 is 11.9 Å². The van der Waals surface area contributed by atoms with E-state index in [1.165, 1.54) is 11.8 Å². The van der Waals surface area contributed by atoms with Gasteiger partial charge < -0.3 is 19.5 Å². The SMILES string of the molecule is CN(Cc1ccc(C(C)(C)C)cc1)C(=O)NC1CCN(C(=O)c2ccco2)CC1. The summed E-state index contributed by atoms with van der Waals surface area (Å²) in [5, 5.41) is 3.09. The van der Waals surface area contributed by atoms with Crippen LogP contribution in [0.4, 0.5) is 4.79 Å². The average Bonchev–Trinajstić information content (AvgIpc) is 3.22. The molecule has 3 amide bonds. The number of rotatable bonds is 4. The Hall–Kier alpha value is -2.76. The van der Waals surface area contributed by atoms with Crippen LogP contribution in [0.5, 0.6) is 0 Å². The molecule has 156 valence electrons. The first-order valence-corrected chi connectivity index (χ1v) is 10.2. The second kappa shape index (κ2) is 8.72. The Labute approximate surface area is 172 Å². The summed E-state index contributed by atoms with van der Waals surface area (Å²) in [5.41, 5.74) is 2.51. The van der Waals surface area contributed by atoms with E-state index in [0.29, 0.717) is 25.4 Å². The van der Waals surface area contributed by atoms with Gasteiger partial charge in [-0.25, -0.2) is 4.79 Å². The Bertz CT molecular complexity index is 814. The van der Waals surface area contributed by atoms with Crippen LogP contribution in [0.1, 0.15) is 55.3 Å². The van der Waals surface area contributed by atoms with Crippen LogP contribution >= 0.6 is 0 Å². The Kier molecular flexibility index (Phi) is 6.30. The first-order valence-electron chi connectivity index (χ1n) is 10.2. The third kappa shape index (κ3) is 5.40. The molecule has 2 aromatic rings. The zero-order valence-corrected chi connectivity index (χ0v) is 17.8. The quantitative estimate of drug-likeness (QED) is 0.847. The number of urea groups is 1. The van der Waals surface area contributed by atoms with Crippen LogP contribution in [0.25, 0.3) is 0 Å². The number of carbonyl (C=O) groups is 2. The summed E-state index contributed by atoms with van der Waals surface area (Å²) in [6, 6.07) is 11.8. The largest absolute Gasteiger partial charge is 0.459 e. The number of furan rings is 1. The molecule has 29 heavy (non-hydrogen) atoms. The maximum absolute atomic E-state index is 12.6. The molecule has 1 aromatic carbocycles. The highest BCUT2D eigenvalue weighted by Gasteiger charge is 2.26. The minimum Gasteiger partial charge on any atom is -0.459 e. The van der Waals surface area contributed by atoms with Gasteiger partial charge in [0.2, 0.25) is 0 Å².